The first-order chi connectivity index (χ1) is 8.38. The summed E-state index contributed by atoms with van der Waals surface area (Å²) in [5.41, 5.74) is 2.90. The summed E-state index contributed by atoms with van der Waals surface area (Å²) < 4.78 is 0. The Kier molecular flexibility index (Phi) is 3.81. The van der Waals surface area contributed by atoms with Gasteiger partial charge in [0.2, 0.25) is 0 Å². The largest absolute Gasteiger partial charge is 0.151 e. The molecule has 0 aliphatic heterocycles. The van der Waals surface area contributed by atoms with Gasteiger partial charge >= 0.3 is 0 Å². The SMILES string of the molecule is CC=Cc1ccc(N=Nc2ccccc2)cc1. The van der Waals surface area contributed by atoms with Gasteiger partial charge in [-0.05, 0) is 36.8 Å². The quantitative estimate of drug-likeness (QED) is 0.643. The van der Waals surface area contributed by atoms with Crippen molar-refractivity contribution >= 4 is 17.5 Å². The fourth-order valence-corrected chi connectivity index (χ4v) is 1.45. The predicted octanol–water partition coefficient (Wildman–Crippen LogP) is 5.14. The molecule has 0 saturated heterocycles. The molecule has 2 heteroatoms. The van der Waals surface area contributed by atoms with Crippen LogP contribution in [0, 0.1) is 0 Å². The molecule has 0 fully saturated rings. The minimum absolute atomic E-state index is 0.863. The summed E-state index contributed by atoms with van der Waals surface area (Å²) in [4.78, 5) is 0. The molecule has 0 aliphatic rings. The Morgan fingerprint density at radius 1 is 0.765 bits per heavy atom. The molecule has 2 nitrogen and oxygen atoms in total. The molecule has 0 bridgehead atoms. The highest BCUT2D eigenvalue weighted by atomic mass is 15.1. The smallest absolute Gasteiger partial charge is 0.0857 e. The van der Waals surface area contributed by atoms with Crippen LogP contribution in [0.5, 0.6) is 0 Å². The van der Waals surface area contributed by atoms with Crippen molar-refractivity contribution in [2.45, 2.75) is 6.92 Å². The maximum Gasteiger partial charge on any atom is 0.0857 e. The highest BCUT2D eigenvalue weighted by molar-refractivity contribution is 5.52. The lowest BCUT2D eigenvalue weighted by Gasteiger charge is -1.95. The first-order valence-corrected chi connectivity index (χ1v) is 5.58. The molecule has 0 aliphatic carbocycles. The molecule has 2 aromatic carbocycles. The average molecular weight is 222 g/mol. The van der Waals surface area contributed by atoms with Gasteiger partial charge in [-0.15, -0.1) is 0 Å². The van der Waals surface area contributed by atoms with E-state index in [4.69, 9.17) is 0 Å². The molecule has 0 spiro atoms. The van der Waals surface area contributed by atoms with Gasteiger partial charge in [0.15, 0.2) is 0 Å². The zero-order valence-electron chi connectivity index (χ0n) is 9.75. The van der Waals surface area contributed by atoms with Crippen LogP contribution in [-0.4, -0.2) is 0 Å². The summed E-state index contributed by atoms with van der Waals surface area (Å²) in [6.45, 7) is 2.00. The lowest BCUT2D eigenvalue weighted by molar-refractivity contribution is 1.23. The number of rotatable bonds is 3. The number of benzene rings is 2. The van der Waals surface area contributed by atoms with E-state index in [1.807, 2.05) is 67.6 Å². The maximum absolute atomic E-state index is 4.18. The van der Waals surface area contributed by atoms with E-state index in [1.165, 1.54) is 5.56 Å². The molecule has 0 N–H and O–H groups in total. The van der Waals surface area contributed by atoms with Gasteiger partial charge in [-0.25, -0.2) is 0 Å². The van der Waals surface area contributed by atoms with Crippen molar-refractivity contribution in [3.8, 4) is 0 Å². The molecule has 0 amide bonds. The molecule has 0 radical (unpaired) electrons. The number of nitrogens with zero attached hydrogens (tertiary/aromatic N) is 2. The Labute approximate surface area is 101 Å². The molecule has 0 heterocycles. The summed E-state index contributed by atoms with van der Waals surface area (Å²) in [5, 5.41) is 8.34. The van der Waals surface area contributed by atoms with Crippen LogP contribution in [0.25, 0.3) is 6.08 Å². The van der Waals surface area contributed by atoms with Gasteiger partial charge in [-0.2, -0.15) is 10.2 Å². The molecular weight excluding hydrogens is 208 g/mol. The summed E-state index contributed by atoms with van der Waals surface area (Å²) in [6.07, 6.45) is 4.07. The Hall–Kier alpha value is -2.22. The Balaban J connectivity index is 2.11. The molecule has 17 heavy (non-hydrogen) atoms. The van der Waals surface area contributed by atoms with Crippen LogP contribution in [0.15, 0.2) is 70.9 Å². The highest BCUT2D eigenvalue weighted by Crippen LogP contribution is 2.18. The molecule has 2 rings (SSSR count). The zero-order valence-corrected chi connectivity index (χ0v) is 9.75. The zero-order chi connectivity index (χ0) is 11.9. The molecule has 0 aromatic heterocycles. The van der Waals surface area contributed by atoms with Crippen molar-refractivity contribution in [2.75, 3.05) is 0 Å². The standard InChI is InChI=1S/C15H14N2/c1-2-6-13-9-11-15(12-10-13)17-16-14-7-4-3-5-8-14/h2-12H,1H3. The van der Waals surface area contributed by atoms with Gasteiger partial charge < -0.3 is 0 Å². The fraction of sp³-hybridized carbons (Fsp3) is 0.0667. The molecule has 2 aromatic rings. The first kappa shape index (κ1) is 11.3. The minimum Gasteiger partial charge on any atom is -0.151 e. The average Bonchev–Trinajstić information content (AvgIpc) is 2.40. The lowest BCUT2D eigenvalue weighted by Crippen LogP contribution is -1.69. The number of allylic oxidation sites excluding steroid dienone is 1. The van der Waals surface area contributed by atoms with Crippen LogP contribution in [-0.2, 0) is 0 Å². The van der Waals surface area contributed by atoms with Crippen LogP contribution < -0.4 is 0 Å². The molecular formula is C15H14N2. The second kappa shape index (κ2) is 5.75. The summed E-state index contributed by atoms with van der Waals surface area (Å²) in [7, 11) is 0. The van der Waals surface area contributed by atoms with Crippen LogP contribution >= 0.6 is 0 Å². The van der Waals surface area contributed by atoms with Crippen LogP contribution in [0.4, 0.5) is 11.4 Å². The normalized spacial score (nSPS) is 11.4. The van der Waals surface area contributed by atoms with E-state index in [0.717, 1.165) is 11.4 Å². The van der Waals surface area contributed by atoms with E-state index >= 15 is 0 Å². The number of hydrogen-bond acceptors (Lipinski definition) is 2. The van der Waals surface area contributed by atoms with E-state index in [0.29, 0.717) is 0 Å². The summed E-state index contributed by atoms with van der Waals surface area (Å²) in [6, 6.07) is 17.7. The van der Waals surface area contributed by atoms with Crippen molar-refractivity contribution in [1.82, 2.24) is 0 Å². The molecule has 0 unspecified atom stereocenters. The monoisotopic (exact) mass is 222 g/mol. The third-order valence-corrected chi connectivity index (χ3v) is 2.29. The van der Waals surface area contributed by atoms with Gasteiger partial charge in [0.1, 0.15) is 0 Å². The fourth-order valence-electron chi connectivity index (χ4n) is 1.45. The van der Waals surface area contributed by atoms with Crippen LogP contribution in [0.3, 0.4) is 0 Å². The molecule has 84 valence electrons. The minimum atomic E-state index is 0.863. The Morgan fingerprint density at radius 3 is 1.94 bits per heavy atom. The third kappa shape index (κ3) is 3.38. The van der Waals surface area contributed by atoms with E-state index in [9.17, 15) is 0 Å². The lowest BCUT2D eigenvalue weighted by atomic mass is 10.2. The van der Waals surface area contributed by atoms with E-state index in [-0.39, 0.29) is 0 Å². The maximum atomic E-state index is 4.18. The highest BCUT2D eigenvalue weighted by Gasteiger charge is 1.90. The summed E-state index contributed by atoms with van der Waals surface area (Å²) in [5.74, 6) is 0. The van der Waals surface area contributed by atoms with Crippen molar-refractivity contribution < 1.29 is 0 Å². The van der Waals surface area contributed by atoms with Gasteiger partial charge in [0.05, 0.1) is 11.4 Å². The third-order valence-electron chi connectivity index (χ3n) is 2.29. The predicted molar refractivity (Wildman–Crippen MR) is 71.8 cm³/mol. The Morgan fingerprint density at radius 2 is 1.35 bits per heavy atom. The van der Waals surface area contributed by atoms with E-state index in [1.54, 1.807) is 0 Å². The van der Waals surface area contributed by atoms with Crippen molar-refractivity contribution in [3.63, 3.8) is 0 Å². The molecule has 0 saturated carbocycles. The number of hydrogen-bond donors (Lipinski definition) is 0. The Bertz CT molecular complexity index is 510. The van der Waals surface area contributed by atoms with Crippen LogP contribution in [0.2, 0.25) is 0 Å². The van der Waals surface area contributed by atoms with Crippen molar-refractivity contribution in [1.29, 1.82) is 0 Å². The second-order valence-corrected chi connectivity index (χ2v) is 3.63. The van der Waals surface area contributed by atoms with E-state index in [2.05, 4.69) is 16.3 Å². The van der Waals surface area contributed by atoms with Gasteiger partial charge in [0, 0.05) is 0 Å². The summed E-state index contributed by atoms with van der Waals surface area (Å²) >= 11 is 0. The van der Waals surface area contributed by atoms with Crippen molar-refractivity contribution in [2.24, 2.45) is 10.2 Å². The van der Waals surface area contributed by atoms with Crippen molar-refractivity contribution in [3.05, 3.63) is 66.2 Å². The van der Waals surface area contributed by atoms with E-state index < -0.39 is 0 Å². The topological polar surface area (TPSA) is 24.7 Å². The first-order valence-electron chi connectivity index (χ1n) is 5.58. The van der Waals surface area contributed by atoms with Crippen LogP contribution in [0.1, 0.15) is 12.5 Å². The van der Waals surface area contributed by atoms with Gasteiger partial charge in [-0.3, -0.25) is 0 Å². The molecule has 0 atom stereocenters. The van der Waals surface area contributed by atoms with Gasteiger partial charge in [-0.1, -0.05) is 42.5 Å². The van der Waals surface area contributed by atoms with Gasteiger partial charge in [0.25, 0.3) is 0 Å². The second-order valence-electron chi connectivity index (χ2n) is 3.63. The number of azo groups is 1.